The highest BCUT2D eigenvalue weighted by Crippen LogP contribution is 2.44. The van der Waals surface area contributed by atoms with E-state index < -0.39 is 35.8 Å². The van der Waals surface area contributed by atoms with Crippen LogP contribution in [-0.2, 0) is 47.5 Å². The van der Waals surface area contributed by atoms with Crippen molar-refractivity contribution in [2.45, 2.75) is 57.8 Å². The van der Waals surface area contributed by atoms with Crippen molar-refractivity contribution < 1.29 is 57.1 Å². The lowest BCUT2D eigenvalue weighted by Crippen LogP contribution is -2.51. The first-order chi connectivity index (χ1) is 27.5. The molecule has 57 heavy (non-hydrogen) atoms. The molecule has 0 radical (unpaired) electrons. The number of benzene rings is 3. The zero-order valence-corrected chi connectivity index (χ0v) is 33.3. The van der Waals surface area contributed by atoms with Gasteiger partial charge in [0.05, 0.1) is 71.0 Å². The molecule has 1 N–H and O–H groups in total. The van der Waals surface area contributed by atoms with Gasteiger partial charge in [0.15, 0.2) is 18.4 Å². The number of carbonyl (C=O) groups is 4. The molecule has 0 spiro atoms. The fraction of sp³-hybridized carbons (Fsp3) is 0.455. The first-order valence-corrected chi connectivity index (χ1v) is 19.2. The Morgan fingerprint density at radius 1 is 0.667 bits per heavy atom. The van der Waals surface area contributed by atoms with Gasteiger partial charge in [-0.25, -0.2) is 9.59 Å². The number of hydrogen-bond donors (Lipinski definition) is 1. The Morgan fingerprint density at radius 3 is 1.82 bits per heavy atom. The maximum Gasteiger partial charge on any atom is 0.407 e. The first kappa shape index (κ1) is 44.8. The van der Waals surface area contributed by atoms with Crippen molar-refractivity contribution in [3.05, 3.63) is 108 Å². The van der Waals surface area contributed by atoms with E-state index in [0.717, 1.165) is 22.3 Å². The molecule has 308 valence electrons. The third kappa shape index (κ3) is 15.9. The monoisotopic (exact) mass is 789 g/mol. The molecule has 13 heteroatoms. The number of nitrogens with one attached hydrogen (secondary N) is 1. The summed E-state index contributed by atoms with van der Waals surface area (Å²) in [6, 6.07) is 23.7. The first-order valence-electron chi connectivity index (χ1n) is 19.2. The largest absolute Gasteiger partial charge is 0.460 e. The van der Waals surface area contributed by atoms with Gasteiger partial charge in [-0.05, 0) is 56.0 Å². The lowest BCUT2D eigenvalue weighted by atomic mass is 9.98. The molecule has 1 aliphatic rings. The molecule has 0 heterocycles. The van der Waals surface area contributed by atoms with Crippen molar-refractivity contribution in [3.8, 4) is 11.1 Å². The van der Waals surface area contributed by atoms with Gasteiger partial charge >= 0.3 is 18.0 Å². The van der Waals surface area contributed by atoms with Crippen molar-refractivity contribution >= 4 is 23.8 Å². The van der Waals surface area contributed by atoms with Crippen LogP contribution < -0.4 is 5.32 Å². The van der Waals surface area contributed by atoms with Gasteiger partial charge in [-0.1, -0.05) is 84.9 Å². The van der Waals surface area contributed by atoms with Crippen LogP contribution in [0.15, 0.2) is 91.0 Å². The summed E-state index contributed by atoms with van der Waals surface area (Å²) >= 11 is 0. The van der Waals surface area contributed by atoms with Crippen LogP contribution >= 0.6 is 0 Å². The third-order valence-electron chi connectivity index (χ3n) is 8.61. The van der Waals surface area contributed by atoms with Gasteiger partial charge in [-0.15, -0.1) is 0 Å². The molecular weight excluding hydrogens is 734 g/mol. The molecular formula is C44H55NO12. The lowest BCUT2D eigenvalue weighted by Gasteiger charge is -2.30. The normalized spacial score (nSPS) is 13.4. The zero-order chi connectivity index (χ0) is 40.9. The Kier molecular flexibility index (Phi) is 18.8. The van der Waals surface area contributed by atoms with Gasteiger partial charge < -0.3 is 43.2 Å². The van der Waals surface area contributed by atoms with E-state index >= 15 is 0 Å². The number of carbonyl (C=O) groups excluding carboxylic acids is 4. The van der Waals surface area contributed by atoms with Crippen molar-refractivity contribution in [1.82, 2.24) is 5.32 Å². The highest BCUT2D eigenvalue weighted by molar-refractivity contribution is 5.97. The summed E-state index contributed by atoms with van der Waals surface area (Å²) in [5.41, 5.74) is 4.34. The Bertz CT molecular complexity index is 1690. The molecule has 3 aromatic rings. The van der Waals surface area contributed by atoms with Crippen LogP contribution in [0.5, 0.6) is 0 Å². The molecule has 0 fully saturated rings. The minimum Gasteiger partial charge on any atom is -0.460 e. The average molecular weight is 790 g/mol. The Labute approximate surface area is 334 Å². The second-order valence-electron chi connectivity index (χ2n) is 14.1. The molecule has 3 aromatic carbocycles. The number of alkyl carbamates (subject to hydrolysis) is 1. The number of hydrogen-bond acceptors (Lipinski definition) is 12. The van der Waals surface area contributed by atoms with Gasteiger partial charge in [0.2, 0.25) is 0 Å². The Balaban J connectivity index is 1.02. The average Bonchev–Trinajstić information content (AvgIpc) is 3.52. The molecule has 0 unspecified atom stereocenters. The molecule has 0 aliphatic heterocycles. The number of ketones is 1. The van der Waals surface area contributed by atoms with E-state index in [1.807, 2.05) is 57.2 Å². The molecule has 0 aromatic heterocycles. The molecule has 13 nitrogen and oxygen atoms in total. The van der Waals surface area contributed by atoms with Crippen LogP contribution in [0.3, 0.4) is 0 Å². The van der Waals surface area contributed by atoms with Crippen molar-refractivity contribution in [2.24, 2.45) is 0 Å². The molecule has 4 rings (SSSR count). The van der Waals surface area contributed by atoms with E-state index in [4.69, 9.17) is 37.9 Å². The second kappa shape index (κ2) is 24.0. The molecule has 1 aliphatic carbocycles. The van der Waals surface area contributed by atoms with E-state index in [1.165, 1.54) is 0 Å². The van der Waals surface area contributed by atoms with Crippen LogP contribution in [0.1, 0.15) is 61.5 Å². The van der Waals surface area contributed by atoms with E-state index in [-0.39, 0.29) is 51.2 Å². The number of rotatable bonds is 25. The smallest absolute Gasteiger partial charge is 0.407 e. The fourth-order valence-electron chi connectivity index (χ4n) is 6.01. The summed E-state index contributed by atoms with van der Waals surface area (Å²) in [4.78, 5) is 50.0. The quantitative estimate of drug-likeness (QED) is 0.0348. The number of fused-ring (bicyclic) bond motifs is 3. The van der Waals surface area contributed by atoms with Crippen LogP contribution in [-0.4, -0.2) is 114 Å². The van der Waals surface area contributed by atoms with Crippen molar-refractivity contribution in [2.75, 3.05) is 72.7 Å². The van der Waals surface area contributed by atoms with Crippen LogP contribution in [0, 0.1) is 0 Å². The highest BCUT2D eigenvalue weighted by atomic mass is 16.6. The van der Waals surface area contributed by atoms with Crippen LogP contribution in [0.25, 0.3) is 11.1 Å². The number of Topliss-reactive ketones (excluding diaryl/α,β-unsaturated/α-hetero) is 1. The summed E-state index contributed by atoms with van der Waals surface area (Å²) in [6.07, 6.45) is 1.99. The van der Waals surface area contributed by atoms with E-state index in [2.05, 4.69) is 17.4 Å². The summed E-state index contributed by atoms with van der Waals surface area (Å²) in [6.45, 7) is 9.66. The minimum atomic E-state index is -1.10. The fourth-order valence-corrected chi connectivity index (χ4v) is 6.01. The maximum absolute atomic E-state index is 13.1. The lowest BCUT2D eigenvalue weighted by molar-refractivity contribution is -0.152. The van der Waals surface area contributed by atoms with Gasteiger partial charge in [-0.3, -0.25) is 9.59 Å². The summed E-state index contributed by atoms with van der Waals surface area (Å²) in [5, 5.41) is 2.67. The van der Waals surface area contributed by atoms with Gasteiger partial charge in [-0.2, -0.15) is 0 Å². The van der Waals surface area contributed by atoms with Crippen molar-refractivity contribution in [1.29, 1.82) is 0 Å². The SMILES string of the molecule is C[C@@H](OC(C)(C)C)[C@H](NC(=O)OCC1c2ccccc2-c2ccccc21)C(=O)OC/C=C/COCCOCCOCCOCCC(=O)OCC(=O)c1ccccc1. The number of amides is 1. The van der Waals surface area contributed by atoms with Crippen LogP contribution in [0.4, 0.5) is 4.79 Å². The van der Waals surface area contributed by atoms with E-state index in [9.17, 15) is 19.2 Å². The predicted octanol–water partition coefficient (Wildman–Crippen LogP) is 6.08. The van der Waals surface area contributed by atoms with Gasteiger partial charge in [0, 0.05) is 11.5 Å². The summed E-state index contributed by atoms with van der Waals surface area (Å²) in [5.74, 6) is -1.53. The Hall–Kier alpha value is -4.92. The zero-order valence-electron chi connectivity index (χ0n) is 33.3. The topological polar surface area (TPSA) is 154 Å². The maximum atomic E-state index is 13.1. The van der Waals surface area contributed by atoms with Gasteiger partial charge in [0.25, 0.3) is 0 Å². The molecule has 1 amide bonds. The van der Waals surface area contributed by atoms with Gasteiger partial charge in [0.1, 0.15) is 13.2 Å². The summed E-state index contributed by atoms with van der Waals surface area (Å²) < 4.78 is 44.0. The van der Waals surface area contributed by atoms with Crippen LogP contribution in [0.2, 0.25) is 0 Å². The molecule has 0 bridgehead atoms. The molecule has 0 saturated heterocycles. The minimum absolute atomic E-state index is 0.0231. The molecule has 2 atom stereocenters. The number of ether oxygens (including phenoxy) is 8. The van der Waals surface area contributed by atoms with E-state index in [1.54, 1.807) is 49.4 Å². The number of esters is 2. The Morgan fingerprint density at radius 2 is 1.21 bits per heavy atom. The third-order valence-corrected chi connectivity index (χ3v) is 8.61. The predicted molar refractivity (Wildman–Crippen MR) is 212 cm³/mol. The van der Waals surface area contributed by atoms with Crippen molar-refractivity contribution in [3.63, 3.8) is 0 Å². The second-order valence-corrected chi connectivity index (χ2v) is 14.1. The highest BCUT2D eigenvalue weighted by Gasteiger charge is 2.34. The standard InChI is InChI=1S/C44H55NO12/c1-32(57-44(2,3)4)41(45-43(49)56-30-38-36-18-10-8-16-34(36)35-17-9-11-19-37(35)38)42(48)54-22-13-12-21-50-24-26-52-28-29-53-27-25-51-23-20-40(47)55-31-39(46)33-14-6-5-7-15-33/h5-19,32,38,41H,20-31H2,1-4H3,(H,45,49)/b13-12+/t32-,41+/m1/s1. The molecule has 0 saturated carbocycles. The summed E-state index contributed by atoms with van der Waals surface area (Å²) in [7, 11) is 0. The van der Waals surface area contributed by atoms with E-state index in [0.29, 0.717) is 45.2 Å².